The molecule has 0 saturated carbocycles. The van der Waals surface area contributed by atoms with E-state index in [-0.39, 0.29) is 18.4 Å². The maximum Gasteiger partial charge on any atom is 0.257 e. The second-order valence-electron chi connectivity index (χ2n) is 7.57. The molecule has 4 rings (SSSR count). The molecule has 3 aromatic rings. The maximum atomic E-state index is 12.5. The van der Waals surface area contributed by atoms with Crippen molar-refractivity contribution >= 4 is 22.6 Å². The molecule has 0 radical (unpaired) electrons. The second kappa shape index (κ2) is 9.39. The Labute approximate surface area is 175 Å². The lowest BCUT2D eigenvalue weighted by molar-refractivity contribution is -0.123. The minimum atomic E-state index is -0.126. The van der Waals surface area contributed by atoms with E-state index >= 15 is 0 Å². The molecule has 0 unspecified atom stereocenters. The van der Waals surface area contributed by atoms with Gasteiger partial charge in [-0.25, -0.2) is 0 Å². The summed E-state index contributed by atoms with van der Waals surface area (Å²) in [6, 6.07) is 17.3. The van der Waals surface area contributed by atoms with Gasteiger partial charge in [0.05, 0.1) is 0 Å². The summed E-state index contributed by atoms with van der Waals surface area (Å²) in [6.45, 7) is 2.01. The van der Waals surface area contributed by atoms with Crippen LogP contribution in [0.1, 0.15) is 23.2 Å². The molecule has 1 fully saturated rings. The Kier molecular flexibility index (Phi) is 6.23. The second-order valence-corrected chi connectivity index (χ2v) is 7.57. The molecule has 0 atom stereocenters. The molecule has 1 N–H and O–H groups in total. The van der Waals surface area contributed by atoms with Crippen molar-refractivity contribution in [3.63, 3.8) is 0 Å². The van der Waals surface area contributed by atoms with Crippen LogP contribution in [0.3, 0.4) is 0 Å². The van der Waals surface area contributed by atoms with E-state index in [1.54, 1.807) is 24.5 Å². The van der Waals surface area contributed by atoms with Crippen LogP contribution in [-0.4, -0.2) is 47.9 Å². The number of rotatable bonds is 6. The SMILES string of the molecule is O=C(COc1ccc2ccccc2c1)NCC1CCN(C(=O)c2ccncc2)CC1. The highest BCUT2D eigenvalue weighted by atomic mass is 16.5. The lowest BCUT2D eigenvalue weighted by atomic mass is 9.96. The highest BCUT2D eigenvalue weighted by Gasteiger charge is 2.23. The largest absolute Gasteiger partial charge is 0.484 e. The fourth-order valence-corrected chi connectivity index (χ4v) is 3.73. The molecule has 2 heterocycles. The number of fused-ring (bicyclic) bond motifs is 1. The van der Waals surface area contributed by atoms with E-state index in [1.165, 1.54) is 0 Å². The highest BCUT2D eigenvalue weighted by Crippen LogP contribution is 2.21. The molecule has 0 aliphatic carbocycles. The van der Waals surface area contributed by atoms with Crippen molar-refractivity contribution in [3.05, 3.63) is 72.6 Å². The normalized spacial score (nSPS) is 14.5. The van der Waals surface area contributed by atoms with Crippen molar-refractivity contribution in [2.24, 2.45) is 5.92 Å². The lowest BCUT2D eigenvalue weighted by Crippen LogP contribution is -2.42. The fraction of sp³-hybridized carbons (Fsp3) is 0.292. The van der Waals surface area contributed by atoms with Gasteiger partial charge in [-0.2, -0.15) is 0 Å². The monoisotopic (exact) mass is 403 g/mol. The van der Waals surface area contributed by atoms with Crippen molar-refractivity contribution < 1.29 is 14.3 Å². The predicted molar refractivity (Wildman–Crippen MR) is 115 cm³/mol. The molecule has 0 bridgehead atoms. The maximum absolute atomic E-state index is 12.5. The fourth-order valence-electron chi connectivity index (χ4n) is 3.73. The number of carbonyl (C=O) groups excluding carboxylic acids is 2. The number of nitrogens with one attached hydrogen (secondary N) is 1. The third-order valence-electron chi connectivity index (χ3n) is 5.51. The Morgan fingerprint density at radius 3 is 2.50 bits per heavy atom. The standard InChI is InChI=1S/C24H25N3O3/c28-23(17-30-22-6-5-19-3-1-2-4-21(19)15-22)26-16-18-9-13-27(14-10-18)24(29)20-7-11-25-12-8-20/h1-8,11-12,15,18H,9-10,13-14,16-17H2,(H,26,28). The average molecular weight is 403 g/mol. The Hall–Kier alpha value is -3.41. The minimum absolute atomic E-state index is 0.00227. The molecule has 1 aliphatic heterocycles. The quantitative estimate of drug-likeness (QED) is 0.686. The van der Waals surface area contributed by atoms with Gasteiger partial charge in [0.15, 0.2) is 6.61 Å². The third kappa shape index (κ3) is 4.95. The van der Waals surface area contributed by atoms with Crippen LogP contribution in [0, 0.1) is 5.92 Å². The zero-order chi connectivity index (χ0) is 20.8. The van der Waals surface area contributed by atoms with Gasteiger partial charge in [-0.1, -0.05) is 30.3 Å². The first-order valence-corrected chi connectivity index (χ1v) is 10.3. The summed E-state index contributed by atoms with van der Waals surface area (Å²) in [7, 11) is 0. The highest BCUT2D eigenvalue weighted by molar-refractivity contribution is 5.94. The zero-order valence-electron chi connectivity index (χ0n) is 16.8. The van der Waals surface area contributed by atoms with E-state index in [0.29, 0.717) is 36.9 Å². The number of likely N-dealkylation sites (tertiary alicyclic amines) is 1. The lowest BCUT2D eigenvalue weighted by Gasteiger charge is -2.32. The Morgan fingerprint density at radius 2 is 1.73 bits per heavy atom. The number of aromatic nitrogens is 1. The molecule has 1 aromatic heterocycles. The Morgan fingerprint density at radius 1 is 1.00 bits per heavy atom. The van der Waals surface area contributed by atoms with E-state index in [9.17, 15) is 9.59 Å². The molecule has 2 aromatic carbocycles. The van der Waals surface area contributed by atoms with E-state index < -0.39 is 0 Å². The summed E-state index contributed by atoms with van der Waals surface area (Å²) < 4.78 is 5.64. The number of hydrogen-bond acceptors (Lipinski definition) is 4. The van der Waals surface area contributed by atoms with Crippen molar-refractivity contribution in [2.75, 3.05) is 26.2 Å². The molecule has 0 spiro atoms. The zero-order valence-corrected chi connectivity index (χ0v) is 16.8. The van der Waals surface area contributed by atoms with Crippen molar-refractivity contribution in [2.45, 2.75) is 12.8 Å². The minimum Gasteiger partial charge on any atom is -0.484 e. The summed E-state index contributed by atoms with van der Waals surface area (Å²) in [5.74, 6) is 0.977. The van der Waals surface area contributed by atoms with E-state index in [0.717, 1.165) is 23.6 Å². The molecule has 30 heavy (non-hydrogen) atoms. The summed E-state index contributed by atoms with van der Waals surface area (Å²) in [6.07, 6.45) is 5.02. The number of benzene rings is 2. The van der Waals surface area contributed by atoms with Crippen LogP contribution in [0.4, 0.5) is 0 Å². The first-order valence-electron chi connectivity index (χ1n) is 10.3. The van der Waals surface area contributed by atoms with Gasteiger partial charge in [-0.3, -0.25) is 14.6 Å². The van der Waals surface area contributed by atoms with E-state index in [2.05, 4.69) is 10.3 Å². The Bertz CT molecular complexity index is 1010. The van der Waals surface area contributed by atoms with Crippen LogP contribution in [0.15, 0.2) is 67.0 Å². The van der Waals surface area contributed by atoms with Gasteiger partial charge in [-0.05, 0) is 53.8 Å². The third-order valence-corrected chi connectivity index (χ3v) is 5.51. The first-order chi connectivity index (χ1) is 14.7. The van der Waals surface area contributed by atoms with Crippen molar-refractivity contribution in [1.29, 1.82) is 0 Å². The molecule has 1 aliphatic rings. The molecular formula is C24H25N3O3. The molecule has 6 heteroatoms. The molecular weight excluding hydrogens is 378 g/mol. The van der Waals surface area contributed by atoms with Gasteiger partial charge in [0, 0.05) is 37.6 Å². The van der Waals surface area contributed by atoms with E-state index in [1.807, 2.05) is 47.4 Å². The van der Waals surface area contributed by atoms with Gasteiger partial charge in [0.25, 0.3) is 11.8 Å². The first kappa shape index (κ1) is 19.9. The van der Waals surface area contributed by atoms with Gasteiger partial charge < -0.3 is 15.0 Å². The number of amides is 2. The van der Waals surface area contributed by atoms with Crippen molar-refractivity contribution in [1.82, 2.24) is 15.2 Å². The van der Waals surface area contributed by atoms with Gasteiger partial charge >= 0.3 is 0 Å². The Balaban J connectivity index is 1.19. The number of pyridine rings is 1. The number of hydrogen-bond donors (Lipinski definition) is 1. The molecule has 1 saturated heterocycles. The number of ether oxygens (including phenoxy) is 1. The van der Waals surface area contributed by atoms with Gasteiger partial charge in [0.2, 0.25) is 0 Å². The van der Waals surface area contributed by atoms with Crippen LogP contribution >= 0.6 is 0 Å². The smallest absolute Gasteiger partial charge is 0.257 e. The number of piperidine rings is 1. The van der Waals surface area contributed by atoms with Crippen LogP contribution in [-0.2, 0) is 4.79 Å². The molecule has 2 amide bonds. The number of nitrogens with zero attached hydrogens (tertiary/aromatic N) is 2. The average Bonchev–Trinajstić information content (AvgIpc) is 2.81. The van der Waals surface area contributed by atoms with Crippen LogP contribution in [0.25, 0.3) is 10.8 Å². The number of carbonyl (C=O) groups is 2. The van der Waals surface area contributed by atoms with Crippen LogP contribution < -0.4 is 10.1 Å². The molecule has 154 valence electrons. The summed E-state index contributed by atoms with van der Waals surface area (Å²) in [5, 5.41) is 5.19. The van der Waals surface area contributed by atoms with Crippen LogP contribution in [0.5, 0.6) is 5.75 Å². The molecule has 6 nitrogen and oxygen atoms in total. The summed E-state index contributed by atoms with van der Waals surface area (Å²) in [5.41, 5.74) is 0.669. The predicted octanol–water partition coefficient (Wildman–Crippen LogP) is 3.28. The summed E-state index contributed by atoms with van der Waals surface area (Å²) >= 11 is 0. The topological polar surface area (TPSA) is 71.5 Å². The van der Waals surface area contributed by atoms with Gasteiger partial charge in [-0.15, -0.1) is 0 Å². The van der Waals surface area contributed by atoms with Gasteiger partial charge in [0.1, 0.15) is 5.75 Å². The summed E-state index contributed by atoms with van der Waals surface area (Å²) in [4.78, 5) is 30.5. The van der Waals surface area contributed by atoms with E-state index in [4.69, 9.17) is 4.74 Å². The van der Waals surface area contributed by atoms with Crippen molar-refractivity contribution in [3.8, 4) is 5.75 Å². The van der Waals surface area contributed by atoms with Crippen LogP contribution in [0.2, 0.25) is 0 Å².